The van der Waals surface area contributed by atoms with Crippen LogP contribution in [0.15, 0.2) is 67.3 Å². The average Bonchev–Trinajstić information content (AvgIpc) is 2.97. The molecule has 0 unspecified atom stereocenters. The smallest absolute Gasteiger partial charge is 0.408 e. The van der Waals surface area contributed by atoms with E-state index in [1.807, 2.05) is 0 Å². The lowest BCUT2D eigenvalue weighted by molar-refractivity contribution is 0.0105. The van der Waals surface area contributed by atoms with Gasteiger partial charge in [-0.3, -0.25) is 10.2 Å². The summed E-state index contributed by atoms with van der Waals surface area (Å²) in [5.41, 5.74) is 1.84. The number of rotatable bonds is 0. The van der Waals surface area contributed by atoms with E-state index in [0.29, 0.717) is 27.6 Å². The summed E-state index contributed by atoms with van der Waals surface area (Å²) in [6.45, 7) is 0. The Labute approximate surface area is 111 Å². The molecule has 0 saturated carbocycles. The number of hydrogen-bond acceptors (Lipinski definition) is 6. The molecule has 0 radical (unpaired) electrons. The maximum atomic E-state index is 11.1. The third-order valence-electron chi connectivity index (χ3n) is 3.04. The normalized spacial score (nSPS) is 16.6. The number of aromatic amines is 1. The fourth-order valence-corrected chi connectivity index (χ4v) is 2.10. The first-order chi connectivity index (χ1) is 9.69. The zero-order valence-corrected chi connectivity index (χ0v) is 10.1. The van der Waals surface area contributed by atoms with Crippen LogP contribution in [0.25, 0.3) is 11.1 Å². The third-order valence-corrected chi connectivity index (χ3v) is 3.04. The highest BCUT2D eigenvalue weighted by atomic mass is 16.5. The maximum absolute atomic E-state index is 11.1. The van der Waals surface area contributed by atoms with Crippen LogP contribution in [0.1, 0.15) is 0 Å². The number of H-pyrrole nitrogens is 1. The molecule has 98 valence electrons. The van der Waals surface area contributed by atoms with E-state index in [9.17, 15) is 10.0 Å². The molecule has 0 atom stereocenters. The number of fused-ring (bicyclic) bond motifs is 2. The van der Waals surface area contributed by atoms with Gasteiger partial charge in [0.1, 0.15) is 0 Å². The number of nitrogens with one attached hydrogen (secondary N) is 1. The molecular weight excluding hydrogens is 260 g/mol. The van der Waals surface area contributed by atoms with E-state index in [4.69, 9.17) is 4.42 Å². The van der Waals surface area contributed by atoms with Crippen molar-refractivity contribution in [2.45, 2.75) is 0 Å². The summed E-state index contributed by atoms with van der Waals surface area (Å²) >= 11 is 0. The predicted octanol–water partition coefficient (Wildman–Crippen LogP) is 0.318. The topological polar surface area (TPSA) is 94.2 Å². The molecule has 0 spiro atoms. The van der Waals surface area contributed by atoms with Crippen molar-refractivity contribution in [1.29, 1.82) is 0 Å². The minimum absolute atomic E-state index is 0.454. The van der Waals surface area contributed by atoms with Crippen molar-refractivity contribution in [2.75, 3.05) is 0 Å². The van der Waals surface area contributed by atoms with Gasteiger partial charge in [0.25, 0.3) is 0 Å². The molecule has 0 aliphatic carbocycles. The zero-order chi connectivity index (χ0) is 13.7. The van der Waals surface area contributed by atoms with E-state index >= 15 is 0 Å². The molecular formula is C13H8N4O3. The number of hydrogen-bond donors (Lipinski definition) is 2. The van der Waals surface area contributed by atoms with Crippen molar-refractivity contribution in [3.63, 3.8) is 0 Å². The van der Waals surface area contributed by atoms with E-state index in [2.05, 4.69) is 15.0 Å². The molecule has 4 rings (SSSR count). The van der Waals surface area contributed by atoms with Gasteiger partial charge in [-0.05, 0) is 18.2 Å². The molecule has 7 heteroatoms. The number of benzene rings is 1. The van der Waals surface area contributed by atoms with Gasteiger partial charge < -0.3 is 4.42 Å². The monoisotopic (exact) mass is 268 g/mol. The van der Waals surface area contributed by atoms with Crippen LogP contribution in [-0.2, 0) is 0 Å². The second kappa shape index (κ2) is 3.78. The van der Waals surface area contributed by atoms with Crippen LogP contribution in [0.3, 0.4) is 0 Å². The number of nitrogens with zero attached hydrogens (tertiary/aromatic N) is 3. The molecule has 20 heavy (non-hydrogen) atoms. The minimum Gasteiger partial charge on any atom is -0.408 e. The molecule has 0 amide bonds. The lowest BCUT2D eigenvalue weighted by atomic mass is 10.2. The molecule has 0 saturated heterocycles. The van der Waals surface area contributed by atoms with Crippen molar-refractivity contribution >= 4 is 11.1 Å². The zero-order valence-electron chi connectivity index (χ0n) is 10.1. The summed E-state index contributed by atoms with van der Waals surface area (Å²) in [6.07, 6.45) is 6.42. The first kappa shape index (κ1) is 10.9. The van der Waals surface area contributed by atoms with Gasteiger partial charge in [-0.25, -0.2) is 19.8 Å². The van der Waals surface area contributed by atoms with E-state index in [-0.39, 0.29) is 0 Å². The van der Waals surface area contributed by atoms with Crippen molar-refractivity contribution in [2.24, 2.45) is 9.98 Å². The highest BCUT2D eigenvalue weighted by Crippen LogP contribution is 2.16. The van der Waals surface area contributed by atoms with Gasteiger partial charge in [-0.2, -0.15) is 0 Å². The molecule has 2 N–H and O–H groups in total. The van der Waals surface area contributed by atoms with Crippen LogP contribution in [0.5, 0.6) is 0 Å². The van der Waals surface area contributed by atoms with Gasteiger partial charge in [0.05, 0.1) is 16.2 Å². The standard InChI is InChI=1S/C13H8N4O3/c18-13-16-10-5-8-9(6-11(10)20-13)15-12(14-8)7-1-3-17(19)4-2-7/h1-6,19H,(H,16,18). The lowest BCUT2D eigenvalue weighted by Crippen LogP contribution is -2.20. The SMILES string of the molecule is O=c1[nH]c2cc3c(cc2o1)=NC(=C1C=CN(O)C=C1)N=3. The third kappa shape index (κ3) is 1.61. The minimum atomic E-state index is -0.497. The summed E-state index contributed by atoms with van der Waals surface area (Å²) in [6, 6.07) is 3.40. The molecule has 2 aliphatic heterocycles. The van der Waals surface area contributed by atoms with E-state index in [1.165, 1.54) is 12.4 Å². The van der Waals surface area contributed by atoms with Gasteiger partial charge in [0.2, 0.25) is 0 Å². The van der Waals surface area contributed by atoms with Crippen molar-refractivity contribution in [1.82, 2.24) is 10.0 Å². The van der Waals surface area contributed by atoms with Crippen LogP contribution in [0.4, 0.5) is 0 Å². The Morgan fingerprint density at radius 3 is 2.60 bits per heavy atom. The van der Waals surface area contributed by atoms with Crippen LogP contribution in [0.2, 0.25) is 0 Å². The number of hydroxylamine groups is 2. The Hall–Kier alpha value is -2.93. The van der Waals surface area contributed by atoms with Gasteiger partial charge in [-0.15, -0.1) is 0 Å². The fraction of sp³-hybridized carbons (Fsp3) is 0. The van der Waals surface area contributed by atoms with Gasteiger partial charge >= 0.3 is 5.76 Å². The first-order valence-electron chi connectivity index (χ1n) is 5.87. The summed E-state index contributed by atoms with van der Waals surface area (Å²) in [4.78, 5) is 22.5. The number of allylic oxidation sites excluding steroid dienone is 3. The predicted molar refractivity (Wildman–Crippen MR) is 68.1 cm³/mol. The molecule has 0 bridgehead atoms. The van der Waals surface area contributed by atoms with Crippen molar-refractivity contribution in [3.8, 4) is 0 Å². The lowest BCUT2D eigenvalue weighted by Gasteiger charge is -2.09. The molecule has 3 heterocycles. The van der Waals surface area contributed by atoms with Crippen molar-refractivity contribution in [3.05, 3.63) is 69.3 Å². The molecule has 7 nitrogen and oxygen atoms in total. The summed E-state index contributed by atoms with van der Waals surface area (Å²) in [5.74, 6) is 0.0547. The maximum Gasteiger partial charge on any atom is 0.417 e. The summed E-state index contributed by atoms with van der Waals surface area (Å²) in [7, 11) is 0. The highest BCUT2D eigenvalue weighted by molar-refractivity contribution is 5.71. The highest BCUT2D eigenvalue weighted by Gasteiger charge is 2.11. The fourth-order valence-electron chi connectivity index (χ4n) is 2.10. The summed E-state index contributed by atoms with van der Waals surface area (Å²) in [5, 5.41) is 11.5. The van der Waals surface area contributed by atoms with Crippen LogP contribution in [0, 0.1) is 0 Å². The molecule has 2 aromatic rings. The van der Waals surface area contributed by atoms with Crippen molar-refractivity contribution < 1.29 is 9.62 Å². The second-order valence-electron chi connectivity index (χ2n) is 4.37. The van der Waals surface area contributed by atoms with Gasteiger partial charge in [0.15, 0.2) is 11.4 Å². The summed E-state index contributed by atoms with van der Waals surface area (Å²) < 4.78 is 4.99. The average molecular weight is 268 g/mol. The van der Waals surface area contributed by atoms with Crippen LogP contribution < -0.4 is 16.5 Å². The van der Waals surface area contributed by atoms with Gasteiger partial charge in [-0.1, -0.05) is 0 Å². The molecule has 2 aliphatic rings. The van der Waals surface area contributed by atoms with E-state index in [1.54, 1.807) is 24.3 Å². The quantitative estimate of drug-likeness (QED) is 0.719. The van der Waals surface area contributed by atoms with E-state index in [0.717, 1.165) is 10.6 Å². The van der Waals surface area contributed by atoms with Crippen LogP contribution >= 0.6 is 0 Å². The van der Waals surface area contributed by atoms with Crippen LogP contribution in [-0.4, -0.2) is 15.3 Å². The first-order valence-corrected chi connectivity index (χ1v) is 5.87. The number of aromatic nitrogens is 1. The number of oxazole rings is 1. The Morgan fingerprint density at radius 2 is 1.85 bits per heavy atom. The Balaban J connectivity index is 1.94. The molecule has 1 aromatic heterocycles. The largest absolute Gasteiger partial charge is 0.417 e. The Kier molecular flexibility index (Phi) is 2.07. The van der Waals surface area contributed by atoms with E-state index < -0.39 is 5.76 Å². The Morgan fingerprint density at radius 1 is 1.15 bits per heavy atom. The second-order valence-corrected chi connectivity index (χ2v) is 4.37. The van der Waals surface area contributed by atoms with Gasteiger partial charge in [0, 0.05) is 24.0 Å². The molecule has 1 aromatic carbocycles. The Bertz CT molecular complexity index is 917. The molecule has 0 fully saturated rings.